The minimum Gasteiger partial charge on any atom is -0.481 e. The lowest BCUT2D eigenvalue weighted by molar-refractivity contribution is -0.127. The molecular weight excluding hydrogens is 314 g/mol. The number of pyridine rings is 2. The van der Waals surface area contributed by atoms with Crippen LogP contribution in [0.5, 0.6) is 5.75 Å². The average Bonchev–Trinajstić information content (AvgIpc) is 2.68. The van der Waals surface area contributed by atoms with Gasteiger partial charge in [-0.05, 0) is 42.8 Å². The Kier molecular flexibility index (Phi) is 5.36. The van der Waals surface area contributed by atoms with E-state index in [1.165, 1.54) is 0 Å². The number of para-hydroxylation sites is 1. The van der Waals surface area contributed by atoms with Crippen molar-refractivity contribution in [1.82, 2.24) is 15.3 Å². The number of benzene rings is 1. The van der Waals surface area contributed by atoms with Crippen LogP contribution in [-0.2, 0) is 11.3 Å². The van der Waals surface area contributed by atoms with Crippen molar-refractivity contribution in [2.75, 3.05) is 0 Å². The number of hydrogen-bond donors (Lipinski definition) is 1. The first kappa shape index (κ1) is 16.6. The van der Waals surface area contributed by atoms with Gasteiger partial charge in [-0.25, -0.2) is 0 Å². The fraction of sp³-hybridized carbons (Fsp3) is 0.150. The summed E-state index contributed by atoms with van der Waals surface area (Å²) < 4.78 is 5.64. The topological polar surface area (TPSA) is 64.1 Å². The van der Waals surface area contributed by atoms with Crippen molar-refractivity contribution in [2.45, 2.75) is 19.6 Å². The van der Waals surface area contributed by atoms with Crippen molar-refractivity contribution >= 4 is 5.91 Å². The second kappa shape index (κ2) is 8.06. The van der Waals surface area contributed by atoms with Crippen molar-refractivity contribution in [3.63, 3.8) is 0 Å². The molecule has 1 aromatic carbocycles. The Morgan fingerprint density at radius 3 is 2.56 bits per heavy atom. The second-order valence-electron chi connectivity index (χ2n) is 5.54. The van der Waals surface area contributed by atoms with E-state index >= 15 is 0 Å². The van der Waals surface area contributed by atoms with E-state index < -0.39 is 6.10 Å². The molecule has 1 unspecified atom stereocenters. The van der Waals surface area contributed by atoms with Crippen LogP contribution in [0.2, 0.25) is 0 Å². The van der Waals surface area contributed by atoms with E-state index in [4.69, 9.17) is 4.74 Å². The molecule has 1 amide bonds. The molecule has 1 atom stereocenters. The summed E-state index contributed by atoms with van der Waals surface area (Å²) in [6, 6.07) is 16.9. The fourth-order valence-corrected chi connectivity index (χ4v) is 2.43. The molecule has 126 valence electrons. The molecule has 0 bridgehead atoms. The summed E-state index contributed by atoms with van der Waals surface area (Å²) in [5.74, 6) is 0.498. The molecule has 0 fully saturated rings. The molecule has 0 saturated heterocycles. The predicted molar refractivity (Wildman–Crippen MR) is 95.8 cm³/mol. The molecule has 0 spiro atoms. The quantitative estimate of drug-likeness (QED) is 0.752. The Morgan fingerprint density at radius 1 is 1.04 bits per heavy atom. The highest BCUT2D eigenvalue weighted by Crippen LogP contribution is 2.20. The minimum absolute atomic E-state index is 0.173. The van der Waals surface area contributed by atoms with Crippen molar-refractivity contribution in [1.29, 1.82) is 0 Å². The van der Waals surface area contributed by atoms with Gasteiger partial charge >= 0.3 is 0 Å². The van der Waals surface area contributed by atoms with Gasteiger partial charge in [0.1, 0.15) is 5.75 Å². The number of hydrogen-bond acceptors (Lipinski definition) is 4. The fourth-order valence-electron chi connectivity index (χ4n) is 2.43. The Bertz CT molecular complexity index is 823. The first-order valence-electron chi connectivity index (χ1n) is 8.08. The summed E-state index contributed by atoms with van der Waals surface area (Å²) in [5.41, 5.74) is 2.74. The van der Waals surface area contributed by atoms with E-state index in [0.29, 0.717) is 12.3 Å². The lowest BCUT2D eigenvalue weighted by Crippen LogP contribution is -2.36. The molecule has 0 saturated carbocycles. The summed E-state index contributed by atoms with van der Waals surface area (Å²) >= 11 is 0. The van der Waals surface area contributed by atoms with Crippen molar-refractivity contribution in [3.05, 3.63) is 78.8 Å². The van der Waals surface area contributed by atoms with E-state index in [1.54, 1.807) is 25.5 Å². The van der Waals surface area contributed by atoms with Crippen LogP contribution < -0.4 is 10.1 Å². The van der Waals surface area contributed by atoms with Gasteiger partial charge in [0.25, 0.3) is 5.91 Å². The van der Waals surface area contributed by atoms with Gasteiger partial charge in [0.05, 0.1) is 5.69 Å². The molecule has 5 nitrogen and oxygen atoms in total. The monoisotopic (exact) mass is 333 g/mol. The summed E-state index contributed by atoms with van der Waals surface area (Å²) in [5, 5.41) is 2.91. The van der Waals surface area contributed by atoms with Crippen LogP contribution in [0.4, 0.5) is 0 Å². The summed E-state index contributed by atoms with van der Waals surface area (Å²) in [4.78, 5) is 20.8. The molecular formula is C20H19N3O2. The van der Waals surface area contributed by atoms with Gasteiger partial charge in [-0.15, -0.1) is 0 Å². The van der Waals surface area contributed by atoms with Gasteiger partial charge in [0.15, 0.2) is 6.10 Å². The maximum atomic E-state index is 12.3. The number of ether oxygens (including phenoxy) is 1. The largest absolute Gasteiger partial charge is 0.481 e. The molecule has 25 heavy (non-hydrogen) atoms. The van der Waals surface area contributed by atoms with E-state index in [-0.39, 0.29) is 5.91 Å². The van der Waals surface area contributed by atoms with E-state index in [9.17, 15) is 4.79 Å². The number of nitrogens with one attached hydrogen (secondary N) is 1. The van der Waals surface area contributed by atoms with Crippen molar-refractivity contribution < 1.29 is 9.53 Å². The van der Waals surface area contributed by atoms with Gasteiger partial charge in [-0.3, -0.25) is 14.8 Å². The third-order valence-corrected chi connectivity index (χ3v) is 3.72. The van der Waals surface area contributed by atoms with Gasteiger partial charge in [-0.1, -0.05) is 24.3 Å². The summed E-state index contributed by atoms with van der Waals surface area (Å²) in [6.07, 6.45) is 4.61. The molecule has 3 aromatic rings. The van der Waals surface area contributed by atoms with Crippen LogP contribution in [0.1, 0.15) is 12.5 Å². The Labute approximate surface area is 146 Å². The first-order valence-corrected chi connectivity index (χ1v) is 8.08. The lowest BCUT2D eigenvalue weighted by Gasteiger charge is -2.15. The van der Waals surface area contributed by atoms with Crippen LogP contribution in [0.3, 0.4) is 0 Å². The highest BCUT2D eigenvalue weighted by molar-refractivity contribution is 5.81. The molecule has 5 heteroatoms. The third-order valence-electron chi connectivity index (χ3n) is 3.72. The van der Waals surface area contributed by atoms with Gasteiger partial charge < -0.3 is 10.1 Å². The van der Waals surface area contributed by atoms with Crippen LogP contribution in [0.25, 0.3) is 11.3 Å². The third kappa shape index (κ3) is 4.41. The van der Waals surface area contributed by atoms with E-state index in [0.717, 1.165) is 16.8 Å². The van der Waals surface area contributed by atoms with Gasteiger partial charge in [0, 0.05) is 30.7 Å². The summed E-state index contributed by atoms with van der Waals surface area (Å²) in [6.45, 7) is 2.11. The normalized spacial score (nSPS) is 11.6. The molecule has 3 rings (SSSR count). The number of nitrogens with zero attached hydrogens (tertiary/aromatic N) is 2. The van der Waals surface area contributed by atoms with Gasteiger partial charge in [0.2, 0.25) is 0 Å². The van der Waals surface area contributed by atoms with Crippen LogP contribution >= 0.6 is 0 Å². The molecule has 2 aromatic heterocycles. The molecule has 1 N–H and O–H groups in total. The molecule has 0 aliphatic heterocycles. The Morgan fingerprint density at radius 2 is 1.80 bits per heavy atom. The number of amides is 1. The molecule has 2 heterocycles. The van der Waals surface area contributed by atoms with Crippen molar-refractivity contribution in [2.24, 2.45) is 0 Å². The Hall–Kier alpha value is -3.21. The molecule has 0 aliphatic rings. The molecule has 0 aliphatic carbocycles. The van der Waals surface area contributed by atoms with E-state index in [1.807, 2.05) is 54.6 Å². The van der Waals surface area contributed by atoms with Crippen LogP contribution in [0.15, 0.2) is 73.2 Å². The van der Waals surface area contributed by atoms with Crippen molar-refractivity contribution in [3.8, 4) is 17.0 Å². The van der Waals surface area contributed by atoms with E-state index in [2.05, 4.69) is 15.3 Å². The lowest BCUT2D eigenvalue weighted by atomic mass is 10.1. The zero-order valence-electron chi connectivity index (χ0n) is 13.9. The maximum Gasteiger partial charge on any atom is 0.261 e. The number of aromatic nitrogens is 2. The van der Waals surface area contributed by atoms with Crippen LogP contribution in [0, 0.1) is 0 Å². The predicted octanol–water partition coefficient (Wildman–Crippen LogP) is 3.23. The number of rotatable bonds is 6. The highest BCUT2D eigenvalue weighted by Gasteiger charge is 2.15. The standard InChI is InChI=1S/C20H19N3O2/c1-15(25-18-7-3-2-4-8-18)20(24)23-14-17-6-5-11-22-19(17)16-9-12-21-13-10-16/h2-13,15H,14H2,1H3,(H,23,24). The smallest absolute Gasteiger partial charge is 0.261 e. The zero-order chi connectivity index (χ0) is 17.5. The number of carbonyl (C=O) groups excluding carboxylic acids is 1. The summed E-state index contributed by atoms with van der Waals surface area (Å²) in [7, 11) is 0. The minimum atomic E-state index is -0.580. The Balaban J connectivity index is 1.65. The van der Waals surface area contributed by atoms with Gasteiger partial charge in [-0.2, -0.15) is 0 Å². The molecule has 0 radical (unpaired) electrons. The second-order valence-corrected chi connectivity index (χ2v) is 5.54. The number of carbonyl (C=O) groups is 1. The highest BCUT2D eigenvalue weighted by atomic mass is 16.5. The first-order chi connectivity index (χ1) is 12.2. The maximum absolute atomic E-state index is 12.3. The average molecular weight is 333 g/mol. The van der Waals surface area contributed by atoms with Crippen LogP contribution in [-0.4, -0.2) is 22.0 Å². The zero-order valence-corrected chi connectivity index (χ0v) is 13.9. The SMILES string of the molecule is CC(Oc1ccccc1)C(=O)NCc1cccnc1-c1ccncc1.